The third-order valence-corrected chi connectivity index (χ3v) is 5.02. The van der Waals surface area contributed by atoms with Crippen molar-refractivity contribution in [3.8, 4) is 0 Å². The van der Waals surface area contributed by atoms with Gasteiger partial charge in [0.15, 0.2) is 5.79 Å². The molecule has 0 aliphatic carbocycles. The van der Waals surface area contributed by atoms with Crippen molar-refractivity contribution in [3.05, 3.63) is 0 Å². The minimum absolute atomic E-state index is 0.0474. The summed E-state index contributed by atoms with van der Waals surface area (Å²) in [6, 6.07) is 1.04. The van der Waals surface area contributed by atoms with Crippen LogP contribution in [0.5, 0.6) is 0 Å². The maximum absolute atomic E-state index is 11.0. The molecule has 0 amide bonds. The second-order valence-electron chi connectivity index (χ2n) is 5.91. The molecule has 6 nitrogen and oxygen atoms in total. The Morgan fingerprint density at radius 3 is 2.53 bits per heavy atom. The molecule has 2 bridgehead atoms. The highest BCUT2D eigenvalue weighted by Gasteiger charge is 2.52. The maximum Gasteiger partial charge on any atom is 0.264 e. The van der Waals surface area contributed by atoms with Crippen molar-refractivity contribution in [3.63, 3.8) is 0 Å². The lowest BCUT2D eigenvalue weighted by atomic mass is 9.97. The fraction of sp³-hybridized carbons (Fsp3) is 1.00. The van der Waals surface area contributed by atoms with Gasteiger partial charge in [0.05, 0.1) is 19.5 Å². The molecule has 3 saturated heterocycles. The predicted molar refractivity (Wildman–Crippen MR) is 68.2 cm³/mol. The van der Waals surface area contributed by atoms with E-state index in [0.29, 0.717) is 18.7 Å². The van der Waals surface area contributed by atoms with Gasteiger partial charge >= 0.3 is 0 Å². The molecule has 3 unspecified atom stereocenters. The summed E-state index contributed by atoms with van der Waals surface area (Å²) in [5.41, 5.74) is 0. The Morgan fingerprint density at radius 1 is 1.32 bits per heavy atom. The van der Waals surface area contributed by atoms with Crippen LogP contribution in [0.15, 0.2) is 0 Å². The van der Waals surface area contributed by atoms with Crippen LogP contribution in [0.2, 0.25) is 0 Å². The van der Waals surface area contributed by atoms with Crippen LogP contribution in [0.25, 0.3) is 0 Å². The summed E-state index contributed by atoms with van der Waals surface area (Å²) in [4.78, 5) is 2.41. The van der Waals surface area contributed by atoms with Gasteiger partial charge in [0.25, 0.3) is 10.1 Å². The predicted octanol–water partition coefficient (Wildman–Crippen LogP) is 0.331. The SMILES string of the molecule is CN1C2CCC1CC1(C2)OCC(COS(C)(=O)=O)O1. The first-order chi connectivity index (χ1) is 8.87. The Hall–Kier alpha value is -0.210. The van der Waals surface area contributed by atoms with Gasteiger partial charge in [-0.1, -0.05) is 0 Å². The largest absolute Gasteiger partial charge is 0.347 e. The molecule has 0 N–H and O–H groups in total. The highest BCUT2D eigenvalue weighted by Crippen LogP contribution is 2.45. The van der Waals surface area contributed by atoms with E-state index < -0.39 is 15.9 Å². The first-order valence-electron chi connectivity index (χ1n) is 6.75. The first kappa shape index (κ1) is 13.8. The van der Waals surface area contributed by atoms with E-state index in [-0.39, 0.29) is 12.7 Å². The minimum Gasteiger partial charge on any atom is -0.347 e. The van der Waals surface area contributed by atoms with Crippen LogP contribution in [0.3, 0.4) is 0 Å². The molecule has 0 aromatic heterocycles. The van der Waals surface area contributed by atoms with Crippen LogP contribution >= 0.6 is 0 Å². The smallest absolute Gasteiger partial charge is 0.264 e. The molecular formula is C12H21NO5S. The summed E-state index contributed by atoms with van der Waals surface area (Å²) in [5.74, 6) is -0.510. The second-order valence-corrected chi connectivity index (χ2v) is 7.55. The van der Waals surface area contributed by atoms with Crippen molar-refractivity contribution >= 4 is 10.1 Å². The number of nitrogens with zero attached hydrogens (tertiary/aromatic N) is 1. The van der Waals surface area contributed by atoms with E-state index >= 15 is 0 Å². The van der Waals surface area contributed by atoms with Crippen LogP contribution in [0, 0.1) is 0 Å². The Morgan fingerprint density at radius 2 is 1.95 bits per heavy atom. The molecule has 3 rings (SSSR count). The zero-order chi connectivity index (χ0) is 13.7. The van der Waals surface area contributed by atoms with Gasteiger partial charge in [0.1, 0.15) is 6.10 Å². The third-order valence-electron chi connectivity index (χ3n) is 4.46. The van der Waals surface area contributed by atoms with Gasteiger partial charge in [-0.15, -0.1) is 0 Å². The van der Waals surface area contributed by atoms with Crippen molar-refractivity contribution < 1.29 is 22.1 Å². The average Bonchev–Trinajstić information content (AvgIpc) is 2.77. The summed E-state index contributed by atoms with van der Waals surface area (Å²) in [6.07, 6.45) is 4.90. The minimum atomic E-state index is -3.42. The lowest BCUT2D eigenvalue weighted by Gasteiger charge is -2.41. The van der Waals surface area contributed by atoms with Crippen LogP contribution < -0.4 is 0 Å². The van der Waals surface area contributed by atoms with E-state index in [1.807, 2.05) is 0 Å². The van der Waals surface area contributed by atoms with Crippen molar-refractivity contribution in [2.75, 3.05) is 26.5 Å². The molecule has 3 atom stereocenters. The zero-order valence-corrected chi connectivity index (χ0v) is 12.2. The van der Waals surface area contributed by atoms with Gasteiger partial charge in [-0.05, 0) is 19.9 Å². The standard InChI is InChI=1S/C12H21NO5S/c1-13-9-3-4-10(13)6-12(5-9)16-7-11(18-12)8-17-19(2,14)15/h9-11H,3-8H2,1-2H3. The molecule has 19 heavy (non-hydrogen) atoms. The molecule has 0 aromatic rings. The molecule has 3 aliphatic rings. The van der Waals surface area contributed by atoms with Gasteiger partial charge in [-0.2, -0.15) is 8.42 Å². The molecule has 0 saturated carbocycles. The number of rotatable bonds is 3. The lowest BCUT2D eigenvalue weighted by molar-refractivity contribution is -0.207. The summed E-state index contributed by atoms with van der Waals surface area (Å²) >= 11 is 0. The van der Waals surface area contributed by atoms with Crippen LogP contribution in [-0.4, -0.2) is 63.8 Å². The van der Waals surface area contributed by atoms with Crippen LogP contribution in [0.4, 0.5) is 0 Å². The van der Waals surface area contributed by atoms with E-state index in [1.54, 1.807) is 0 Å². The normalized spacial score (nSPS) is 43.2. The molecule has 3 fully saturated rings. The second kappa shape index (κ2) is 4.66. The van der Waals surface area contributed by atoms with Crippen LogP contribution in [0.1, 0.15) is 25.7 Å². The average molecular weight is 291 g/mol. The zero-order valence-electron chi connectivity index (χ0n) is 11.4. The molecule has 7 heteroatoms. The molecule has 1 spiro atoms. The number of piperidine rings is 1. The number of fused-ring (bicyclic) bond motifs is 2. The Bertz CT molecular complexity index is 437. The summed E-state index contributed by atoms with van der Waals surface area (Å²) < 4.78 is 38.6. The molecule has 110 valence electrons. The fourth-order valence-electron chi connectivity index (χ4n) is 3.50. The molecule has 0 aromatic carbocycles. The number of ether oxygens (including phenoxy) is 2. The highest BCUT2D eigenvalue weighted by atomic mass is 32.2. The highest BCUT2D eigenvalue weighted by molar-refractivity contribution is 7.85. The monoisotopic (exact) mass is 291 g/mol. The maximum atomic E-state index is 11.0. The Labute approximate surface area is 114 Å². The van der Waals surface area contributed by atoms with E-state index in [0.717, 1.165) is 19.1 Å². The summed E-state index contributed by atoms with van der Waals surface area (Å²) in [7, 11) is -1.25. The van der Waals surface area contributed by atoms with Gasteiger partial charge in [-0.25, -0.2) is 0 Å². The molecule has 0 radical (unpaired) electrons. The summed E-state index contributed by atoms with van der Waals surface area (Å²) in [5, 5.41) is 0. The molecule has 3 heterocycles. The van der Waals surface area contributed by atoms with E-state index in [1.165, 1.54) is 12.8 Å². The fourth-order valence-corrected chi connectivity index (χ4v) is 3.89. The van der Waals surface area contributed by atoms with Crippen molar-refractivity contribution in [2.45, 2.75) is 49.7 Å². The third kappa shape index (κ3) is 2.80. The number of hydrogen-bond donors (Lipinski definition) is 0. The van der Waals surface area contributed by atoms with Crippen molar-refractivity contribution in [2.24, 2.45) is 0 Å². The topological polar surface area (TPSA) is 65.1 Å². The van der Waals surface area contributed by atoms with Gasteiger partial charge in [0, 0.05) is 24.9 Å². The van der Waals surface area contributed by atoms with Crippen molar-refractivity contribution in [1.82, 2.24) is 4.90 Å². The van der Waals surface area contributed by atoms with E-state index in [9.17, 15) is 8.42 Å². The van der Waals surface area contributed by atoms with E-state index in [2.05, 4.69) is 11.9 Å². The molecule has 3 aliphatic heterocycles. The van der Waals surface area contributed by atoms with Gasteiger partial charge in [0.2, 0.25) is 0 Å². The Kier molecular flexibility index (Phi) is 3.38. The van der Waals surface area contributed by atoms with Gasteiger partial charge < -0.3 is 14.4 Å². The van der Waals surface area contributed by atoms with Crippen LogP contribution in [-0.2, 0) is 23.8 Å². The van der Waals surface area contributed by atoms with E-state index in [4.69, 9.17) is 13.7 Å². The molecular weight excluding hydrogens is 270 g/mol. The Balaban J connectivity index is 1.60. The quantitative estimate of drug-likeness (QED) is 0.698. The number of hydrogen-bond acceptors (Lipinski definition) is 6. The van der Waals surface area contributed by atoms with Gasteiger partial charge in [-0.3, -0.25) is 4.18 Å². The first-order valence-corrected chi connectivity index (χ1v) is 8.57. The lowest BCUT2D eigenvalue weighted by Crippen LogP contribution is -2.50. The summed E-state index contributed by atoms with van der Waals surface area (Å²) in [6.45, 7) is 0.463. The van der Waals surface area contributed by atoms with Crippen molar-refractivity contribution in [1.29, 1.82) is 0 Å².